The van der Waals surface area contributed by atoms with Gasteiger partial charge < -0.3 is 18.9 Å². The third kappa shape index (κ3) is 3.12. The molecule has 0 radical (unpaired) electrons. The summed E-state index contributed by atoms with van der Waals surface area (Å²) >= 11 is 0. The molecule has 2 fully saturated rings. The Labute approximate surface area is 170 Å². The standard InChI is InChI=1S/C20H25BN2O6/c1-19(2)20(3,4)29-21(28-19)13-8-11-10-23(14-6-7-16(24)22-17(14)25)18(26)12(11)9-15(13)27-5/h8-9,14H,6-7,10H2,1-5H3,(H,22,24,25). The maximum atomic E-state index is 13.0. The van der Waals surface area contributed by atoms with Gasteiger partial charge in [-0.05, 0) is 45.7 Å². The second kappa shape index (κ2) is 6.57. The number of carbonyl (C=O) groups is 3. The highest BCUT2D eigenvalue weighted by molar-refractivity contribution is 6.63. The number of nitrogens with zero attached hydrogens (tertiary/aromatic N) is 1. The summed E-state index contributed by atoms with van der Waals surface area (Å²) in [6.07, 6.45) is 0.546. The lowest BCUT2D eigenvalue weighted by Gasteiger charge is -2.32. The number of fused-ring (bicyclic) bond motifs is 1. The number of hydrogen-bond acceptors (Lipinski definition) is 6. The van der Waals surface area contributed by atoms with Crippen LogP contribution >= 0.6 is 0 Å². The van der Waals surface area contributed by atoms with Crippen molar-refractivity contribution in [3.05, 3.63) is 23.3 Å². The Balaban J connectivity index is 1.65. The summed E-state index contributed by atoms with van der Waals surface area (Å²) < 4.78 is 17.8. The molecule has 1 unspecified atom stereocenters. The Morgan fingerprint density at radius 1 is 1.14 bits per heavy atom. The first-order valence-electron chi connectivity index (χ1n) is 9.75. The first-order valence-corrected chi connectivity index (χ1v) is 9.75. The van der Waals surface area contributed by atoms with Gasteiger partial charge in [-0.2, -0.15) is 0 Å². The maximum absolute atomic E-state index is 13.0. The van der Waals surface area contributed by atoms with Gasteiger partial charge in [0.1, 0.15) is 11.8 Å². The molecule has 0 aliphatic carbocycles. The number of amides is 3. The smallest absolute Gasteiger partial charge is 0.497 e. The lowest BCUT2D eigenvalue weighted by Crippen LogP contribution is -2.52. The summed E-state index contributed by atoms with van der Waals surface area (Å²) in [6, 6.07) is 2.89. The number of benzene rings is 1. The van der Waals surface area contributed by atoms with E-state index >= 15 is 0 Å². The Hall–Kier alpha value is -2.39. The van der Waals surface area contributed by atoms with Gasteiger partial charge in [-0.1, -0.05) is 6.07 Å². The third-order valence-electron chi connectivity index (χ3n) is 6.38. The number of nitrogens with one attached hydrogen (secondary N) is 1. The largest absolute Gasteiger partial charge is 0.498 e. The first kappa shape index (κ1) is 19.9. The predicted molar refractivity (Wildman–Crippen MR) is 105 cm³/mol. The fourth-order valence-corrected chi connectivity index (χ4v) is 3.95. The summed E-state index contributed by atoms with van der Waals surface area (Å²) in [5, 5.41) is 2.31. The number of imide groups is 1. The molecule has 3 amide bonds. The lowest BCUT2D eigenvalue weighted by atomic mass is 9.77. The summed E-state index contributed by atoms with van der Waals surface area (Å²) in [5.41, 5.74) is 0.979. The Morgan fingerprint density at radius 3 is 2.38 bits per heavy atom. The molecule has 9 heteroatoms. The molecule has 3 aliphatic heterocycles. The minimum absolute atomic E-state index is 0.221. The second-order valence-electron chi connectivity index (χ2n) is 8.74. The van der Waals surface area contributed by atoms with Crippen molar-refractivity contribution >= 4 is 30.3 Å². The normalized spacial score (nSPS) is 25.3. The first-order chi connectivity index (χ1) is 13.5. The molecule has 1 atom stereocenters. The van der Waals surface area contributed by atoms with E-state index < -0.39 is 30.3 Å². The number of rotatable bonds is 3. The molecule has 0 saturated carbocycles. The van der Waals surface area contributed by atoms with Crippen LogP contribution in [-0.2, 0) is 25.4 Å². The fourth-order valence-electron chi connectivity index (χ4n) is 3.95. The van der Waals surface area contributed by atoms with E-state index in [0.29, 0.717) is 23.2 Å². The highest BCUT2D eigenvalue weighted by atomic mass is 16.7. The highest BCUT2D eigenvalue weighted by Gasteiger charge is 2.53. The van der Waals surface area contributed by atoms with E-state index in [9.17, 15) is 14.4 Å². The zero-order valence-corrected chi connectivity index (χ0v) is 17.3. The van der Waals surface area contributed by atoms with Crippen LogP contribution in [0.2, 0.25) is 0 Å². The molecule has 0 aromatic heterocycles. The molecule has 8 nitrogen and oxygen atoms in total. The average Bonchev–Trinajstić information content (AvgIpc) is 3.06. The average molecular weight is 400 g/mol. The molecule has 0 spiro atoms. The third-order valence-corrected chi connectivity index (χ3v) is 6.38. The monoisotopic (exact) mass is 400 g/mol. The highest BCUT2D eigenvalue weighted by Crippen LogP contribution is 2.38. The van der Waals surface area contributed by atoms with Gasteiger partial charge in [0.25, 0.3) is 5.91 Å². The molecule has 3 heterocycles. The Bertz CT molecular complexity index is 896. The van der Waals surface area contributed by atoms with Crippen LogP contribution in [0.3, 0.4) is 0 Å². The molecule has 1 aromatic carbocycles. The molecule has 1 N–H and O–H groups in total. The van der Waals surface area contributed by atoms with E-state index in [2.05, 4.69) is 5.32 Å². The Morgan fingerprint density at radius 2 is 1.79 bits per heavy atom. The van der Waals surface area contributed by atoms with Gasteiger partial charge in [0.2, 0.25) is 11.8 Å². The van der Waals surface area contributed by atoms with Gasteiger partial charge in [0.15, 0.2) is 0 Å². The van der Waals surface area contributed by atoms with Crippen LogP contribution < -0.4 is 15.5 Å². The van der Waals surface area contributed by atoms with Crippen LogP contribution in [0.25, 0.3) is 0 Å². The summed E-state index contributed by atoms with van der Waals surface area (Å²) in [7, 11) is 0.911. The molecular formula is C20H25BN2O6. The number of carbonyl (C=O) groups excluding carboxylic acids is 3. The van der Waals surface area contributed by atoms with Crippen molar-refractivity contribution in [3.63, 3.8) is 0 Å². The van der Waals surface area contributed by atoms with Crippen molar-refractivity contribution in [1.82, 2.24) is 10.2 Å². The molecule has 29 heavy (non-hydrogen) atoms. The van der Waals surface area contributed by atoms with E-state index in [1.807, 2.05) is 33.8 Å². The van der Waals surface area contributed by atoms with Crippen molar-refractivity contribution < 1.29 is 28.4 Å². The van der Waals surface area contributed by atoms with Gasteiger partial charge in [-0.15, -0.1) is 0 Å². The number of ether oxygens (including phenoxy) is 1. The van der Waals surface area contributed by atoms with E-state index in [0.717, 1.165) is 5.56 Å². The number of hydrogen-bond donors (Lipinski definition) is 1. The minimum Gasteiger partial charge on any atom is -0.497 e. The van der Waals surface area contributed by atoms with Crippen LogP contribution in [0.15, 0.2) is 12.1 Å². The van der Waals surface area contributed by atoms with Crippen LogP contribution in [0.5, 0.6) is 5.75 Å². The zero-order chi connectivity index (χ0) is 21.1. The molecule has 154 valence electrons. The van der Waals surface area contributed by atoms with Crippen molar-refractivity contribution in [3.8, 4) is 5.75 Å². The van der Waals surface area contributed by atoms with Gasteiger partial charge >= 0.3 is 7.12 Å². The molecule has 3 aliphatic rings. The second-order valence-corrected chi connectivity index (χ2v) is 8.74. The van der Waals surface area contributed by atoms with Crippen LogP contribution in [0.1, 0.15) is 56.5 Å². The Kier molecular flexibility index (Phi) is 4.51. The maximum Gasteiger partial charge on any atom is 0.498 e. The van der Waals surface area contributed by atoms with E-state index in [4.69, 9.17) is 14.0 Å². The van der Waals surface area contributed by atoms with Crippen LogP contribution in [0.4, 0.5) is 0 Å². The SMILES string of the molecule is COc1cc2c(cc1B1OC(C)(C)C(C)(C)O1)CN(C1CCC(=O)NC1=O)C2=O. The summed E-state index contributed by atoms with van der Waals surface area (Å²) in [4.78, 5) is 38.2. The van der Waals surface area contributed by atoms with Crippen molar-refractivity contribution in [1.29, 1.82) is 0 Å². The number of methoxy groups -OCH3 is 1. The van der Waals surface area contributed by atoms with Crippen molar-refractivity contribution in [2.45, 2.75) is 64.3 Å². The van der Waals surface area contributed by atoms with E-state index in [1.165, 1.54) is 12.0 Å². The molecule has 2 saturated heterocycles. The molecule has 4 rings (SSSR count). The topological polar surface area (TPSA) is 94.2 Å². The minimum atomic E-state index is -0.654. The summed E-state index contributed by atoms with van der Waals surface area (Å²) in [6.45, 7) is 8.18. The van der Waals surface area contributed by atoms with Crippen LogP contribution in [0, 0.1) is 0 Å². The van der Waals surface area contributed by atoms with Crippen LogP contribution in [-0.4, -0.2) is 54.1 Å². The molecule has 0 bridgehead atoms. The zero-order valence-electron chi connectivity index (χ0n) is 17.3. The van der Waals surface area contributed by atoms with E-state index in [1.54, 1.807) is 6.07 Å². The molecular weight excluding hydrogens is 375 g/mol. The number of piperidine rings is 1. The van der Waals surface area contributed by atoms with Gasteiger partial charge in [0, 0.05) is 24.0 Å². The van der Waals surface area contributed by atoms with Gasteiger partial charge in [-0.3, -0.25) is 19.7 Å². The quantitative estimate of drug-likeness (QED) is 0.595. The van der Waals surface area contributed by atoms with Crippen molar-refractivity contribution in [2.75, 3.05) is 7.11 Å². The predicted octanol–water partition coefficient (Wildman–Crippen LogP) is 0.755. The van der Waals surface area contributed by atoms with E-state index in [-0.39, 0.29) is 24.8 Å². The molecule has 1 aromatic rings. The van der Waals surface area contributed by atoms with Gasteiger partial charge in [-0.25, -0.2) is 0 Å². The summed E-state index contributed by atoms with van der Waals surface area (Å²) in [5.74, 6) is -0.477. The lowest BCUT2D eigenvalue weighted by molar-refractivity contribution is -0.136. The van der Waals surface area contributed by atoms with Gasteiger partial charge in [0.05, 0.1) is 18.3 Å². The fraction of sp³-hybridized carbons (Fsp3) is 0.550. The van der Waals surface area contributed by atoms with Crippen molar-refractivity contribution in [2.24, 2.45) is 0 Å².